The van der Waals surface area contributed by atoms with E-state index in [1.54, 1.807) is 0 Å². The molecule has 0 atom stereocenters. The minimum atomic E-state index is 0. The molecule has 0 amide bonds. The van der Waals surface area contributed by atoms with Crippen molar-refractivity contribution in [1.82, 2.24) is 0 Å². The van der Waals surface area contributed by atoms with Gasteiger partial charge in [0.2, 0.25) is 0 Å². The van der Waals surface area contributed by atoms with Crippen molar-refractivity contribution in [3.05, 3.63) is 23.8 Å². The molecular weight excluding hydrogens is 262 g/mol. The van der Waals surface area contributed by atoms with Gasteiger partial charge in [-0.15, -0.1) is 12.4 Å². The number of halogens is 1. The molecule has 1 aromatic carbocycles. The third-order valence-electron chi connectivity index (χ3n) is 2.81. The standard InChI is InChI=1S/C15H25NO2.ClH/c1-3-5-10-17-14-8-7-9-15(13(14)12-16)18-11-6-4-2;/h7-9H,3-6,10-12,16H2,1-2H3;1H. The van der Waals surface area contributed by atoms with Crippen LogP contribution in [0.2, 0.25) is 0 Å². The van der Waals surface area contributed by atoms with Gasteiger partial charge in [-0.25, -0.2) is 0 Å². The van der Waals surface area contributed by atoms with Crippen molar-refractivity contribution >= 4 is 12.4 Å². The lowest BCUT2D eigenvalue weighted by atomic mass is 10.1. The Morgan fingerprint density at radius 2 is 1.42 bits per heavy atom. The van der Waals surface area contributed by atoms with Crippen molar-refractivity contribution in [1.29, 1.82) is 0 Å². The molecular formula is C15H26ClNO2. The average Bonchev–Trinajstić information content (AvgIpc) is 2.39. The summed E-state index contributed by atoms with van der Waals surface area (Å²) in [6.45, 7) is 6.22. The number of unbranched alkanes of at least 4 members (excludes halogenated alkanes) is 2. The van der Waals surface area contributed by atoms with E-state index in [0.717, 1.165) is 56.0 Å². The van der Waals surface area contributed by atoms with Gasteiger partial charge in [0, 0.05) is 12.1 Å². The van der Waals surface area contributed by atoms with Gasteiger partial charge in [0.1, 0.15) is 11.5 Å². The number of hydrogen-bond donors (Lipinski definition) is 1. The predicted octanol–water partition coefficient (Wildman–Crippen LogP) is 3.92. The quantitative estimate of drug-likeness (QED) is 0.700. The summed E-state index contributed by atoms with van der Waals surface area (Å²) < 4.78 is 11.5. The van der Waals surface area contributed by atoms with Crippen LogP contribution in [0.4, 0.5) is 0 Å². The second-order valence-electron chi connectivity index (χ2n) is 4.34. The molecule has 0 saturated heterocycles. The Bertz CT molecular complexity index is 317. The zero-order valence-electron chi connectivity index (χ0n) is 12.0. The van der Waals surface area contributed by atoms with Crippen LogP contribution in [0.3, 0.4) is 0 Å². The number of hydrogen-bond acceptors (Lipinski definition) is 3. The monoisotopic (exact) mass is 287 g/mol. The van der Waals surface area contributed by atoms with Crippen LogP contribution in [-0.2, 0) is 6.54 Å². The lowest BCUT2D eigenvalue weighted by Crippen LogP contribution is -2.07. The molecule has 0 bridgehead atoms. The maximum atomic E-state index is 5.80. The number of rotatable bonds is 9. The van der Waals surface area contributed by atoms with Crippen LogP contribution in [0, 0.1) is 0 Å². The highest BCUT2D eigenvalue weighted by atomic mass is 35.5. The fourth-order valence-electron chi connectivity index (χ4n) is 1.67. The molecule has 0 radical (unpaired) electrons. The van der Waals surface area contributed by atoms with E-state index in [0.29, 0.717) is 6.54 Å². The molecule has 0 aromatic heterocycles. The van der Waals surface area contributed by atoms with Gasteiger partial charge in [-0.05, 0) is 25.0 Å². The first-order valence-electron chi connectivity index (χ1n) is 6.91. The fourth-order valence-corrected chi connectivity index (χ4v) is 1.67. The first-order chi connectivity index (χ1) is 8.83. The molecule has 4 heteroatoms. The van der Waals surface area contributed by atoms with E-state index < -0.39 is 0 Å². The molecule has 2 N–H and O–H groups in total. The Morgan fingerprint density at radius 3 is 1.79 bits per heavy atom. The van der Waals surface area contributed by atoms with Crippen molar-refractivity contribution in [2.75, 3.05) is 13.2 Å². The van der Waals surface area contributed by atoms with Crippen molar-refractivity contribution < 1.29 is 9.47 Å². The maximum Gasteiger partial charge on any atom is 0.127 e. The van der Waals surface area contributed by atoms with E-state index in [4.69, 9.17) is 15.2 Å². The van der Waals surface area contributed by atoms with E-state index in [9.17, 15) is 0 Å². The zero-order chi connectivity index (χ0) is 13.2. The second-order valence-corrected chi connectivity index (χ2v) is 4.34. The molecule has 0 heterocycles. The second kappa shape index (κ2) is 10.9. The Morgan fingerprint density at radius 1 is 0.947 bits per heavy atom. The van der Waals surface area contributed by atoms with E-state index in [1.165, 1.54) is 0 Å². The molecule has 0 aliphatic rings. The van der Waals surface area contributed by atoms with Crippen molar-refractivity contribution in [2.24, 2.45) is 5.73 Å². The van der Waals surface area contributed by atoms with E-state index in [1.807, 2.05) is 18.2 Å². The third kappa shape index (κ3) is 6.17. The van der Waals surface area contributed by atoms with E-state index in [2.05, 4.69) is 13.8 Å². The lowest BCUT2D eigenvalue weighted by molar-refractivity contribution is 0.288. The maximum absolute atomic E-state index is 5.80. The van der Waals surface area contributed by atoms with Crippen LogP contribution in [0.1, 0.15) is 45.1 Å². The predicted molar refractivity (Wildman–Crippen MR) is 82.4 cm³/mol. The summed E-state index contributed by atoms with van der Waals surface area (Å²) in [7, 11) is 0. The first-order valence-corrected chi connectivity index (χ1v) is 6.91. The number of benzene rings is 1. The van der Waals surface area contributed by atoms with Gasteiger partial charge >= 0.3 is 0 Å². The highest BCUT2D eigenvalue weighted by molar-refractivity contribution is 5.85. The largest absolute Gasteiger partial charge is 0.493 e. The summed E-state index contributed by atoms with van der Waals surface area (Å²) in [6, 6.07) is 5.89. The topological polar surface area (TPSA) is 44.5 Å². The van der Waals surface area contributed by atoms with Crippen LogP contribution in [-0.4, -0.2) is 13.2 Å². The molecule has 1 aromatic rings. The summed E-state index contributed by atoms with van der Waals surface area (Å²) in [5.74, 6) is 1.72. The van der Waals surface area contributed by atoms with Crippen LogP contribution < -0.4 is 15.2 Å². The zero-order valence-corrected chi connectivity index (χ0v) is 12.8. The van der Waals surface area contributed by atoms with E-state index in [-0.39, 0.29) is 12.4 Å². The lowest BCUT2D eigenvalue weighted by Gasteiger charge is -2.15. The molecule has 0 aliphatic carbocycles. The van der Waals surface area contributed by atoms with Crippen molar-refractivity contribution in [2.45, 2.75) is 46.1 Å². The minimum absolute atomic E-state index is 0. The van der Waals surface area contributed by atoms with Crippen molar-refractivity contribution in [3.8, 4) is 11.5 Å². The fraction of sp³-hybridized carbons (Fsp3) is 0.600. The Kier molecular flexibility index (Phi) is 10.4. The molecule has 0 unspecified atom stereocenters. The van der Waals surface area contributed by atoms with Gasteiger partial charge in [-0.3, -0.25) is 0 Å². The third-order valence-corrected chi connectivity index (χ3v) is 2.81. The number of nitrogens with two attached hydrogens (primary N) is 1. The van der Waals surface area contributed by atoms with Crippen LogP contribution >= 0.6 is 12.4 Å². The summed E-state index contributed by atoms with van der Waals surface area (Å²) >= 11 is 0. The van der Waals surface area contributed by atoms with Gasteiger partial charge in [0.25, 0.3) is 0 Å². The molecule has 0 saturated carbocycles. The molecule has 110 valence electrons. The normalized spacial score (nSPS) is 9.84. The van der Waals surface area contributed by atoms with Crippen LogP contribution in [0.5, 0.6) is 11.5 Å². The molecule has 0 spiro atoms. The Labute approximate surface area is 122 Å². The molecule has 0 aliphatic heterocycles. The summed E-state index contributed by atoms with van der Waals surface area (Å²) in [4.78, 5) is 0. The highest BCUT2D eigenvalue weighted by Gasteiger charge is 2.09. The van der Waals surface area contributed by atoms with Crippen molar-refractivity contribution in [3.63, 3.8) is 0 Å². The summed E-state index contributed by atoms with van der Waals surface area (Å²) in [5, 5.41) is 0. The van der Waals surface area contributed by atoms with Gasteiger partial charge in [0.15, 0.2) is 0 Å². The molecule has 19 heavy (non-hydrogen) atoms. The Hall–Kier alpha value is -0.930. The van der Waals surface area contributed by atoms with Crippen LogP contribution in [0.25, 0.3) is 0 Å². The summed E-state index contributed by atoms with van der Waals surface area (Å²) in [6.07, 6.45) is 4.38. The van der Waals surface area contributed by atoms with Gasteiger partial charge < -0.3 is 15.2 Å². The van der Waals surface area contributed by atoms with Gasteiger partial charge in [0.05, 0.1) is 13.2 Å². The first kappa shape index (κ1) is 18.1. The van der Waals surface area contributed by atoms with Gasteiger partial charge in [-0.1, -0.05) is 32.8 Å². The smallest absolute Gasteiger partial charge is 0.127 e. The van der Waals surface area contributed by atoms with E-state index >= 15 is 0 Å². The SMILES string of the molecule is CCCCOc1cccc(OCCCC)c1CN.Cl. The molecule has 1 rings (SSSR count). The molecule has 3 nitrogen and oxygen atoms in total. The minimum Gasteiger partial charge on any atom is -0.493 e. The average molecular weight is 288 g/mol. The Balaban J connectivity index is 0.00000324. The molecule has 0 fully saturated rings. The van der Waals surface area contributed by atoms with Gasteiger partial charge in [-0.2, -0.15) is 0 Å². The number of ether oxygens (including phenoxy) is 2. The summed E-state index contributed by atoms with van der Waals surface area (Å²) in [5.41, 5.74) is 6.78. The highest BCUT2D eigenvalue weighted by Crippen LogP contribution is 2.28. The van der Waals surface area contributed by atoms with Crippen LogP contribution in [0.15, 0.2) is 18.2 Å².